The molecule has 110 valence electrons. The number of nitrogens with zero attached hydrogens (tertiary/aromatic N) is 1. The lowest BCUT2D eigenvalue weighted by Crippen LogP contribution is -2.13. The average Bonchev–Trinajstić information content (AvgIpc) is 2.49. The van der Waals surface area contributed by atoms with Gasteiger partial charge in [-0.1, -0.05) is 23.2 Å². The molecule has 0 bridgehead atoms. The van der Waals surface area contributed by atoms with Gasteiger partial charge in [0, 0.05) is 18.3 Å². The van der Waals surface area contributed by atoms with E-state index in [1.165, 1.54) is 20.4 Å². The Kier molecular flexibility index (Phi) is 4.88. The number of ether oxygens (including phenoxy) is 2. The maximum absolute atomic E-state index is 12.2. The molecule has 0 spiro atoms. The van der Waals surface area contributed by atoms with Gasteiger partial charge in [0.25, 0.3) is 5.91 Å². The Morgan fingerprint density at radius 1 is 1.19 bits per heavy atom. The zero-order valence-electron chi connectivity index (χ0n) is 11.3. The number of aromatic nitrogens is 1. The molecule has 1 N–H and O–H groups in total. The van der Waals surface area contributed by atoms with Crippen LogP contribution in [0.2, 0.25) is 10.2 Å². The first-order valence-electron chi connectivity index (χ1n) is 5.90. The van der Waals surface area contributed by atoms with Crippen molar-refractivity contribution < 1.29 is 14.3 Å². The SMILES string of the molecule is COc1cc(Cl)c(NC(=O)c2cccnc2Cl)cc1OC. The van der Waals surface area contributed by atoms with E-state index in [1.807, 2.05) is 0 Å². The van der Waals surface area contributed by atoms with Gasteiger partial charge in [-0.15, -0.1) is 0 Å². The Labute approximate surface area is 131 Å². The van der Waals surface area contributed by atoms with Crippen molar-refractivity contribution in [2.24, 2.45) is 0 Å². The lowest BCUT2D eigenvalue weighted by atomic mass is 10.2. The topological polar surface area (TPSA) is 60.5 Å². The van der Waals surface area contributed by atoms with Crippen molar-refractivity contribution in [1.82, 2.24) is 4.98 Å². The number of carbonyl (C=O) groups is 1. The summed E-state index contributed by atoms with van der Waals surface area (Å²) in [6, 6.07) is 6.32. The standard InChI is InChI=1S/C14H12Cl2N2O3/c1-20-11-6-9(15)10(7-12(11)21-2)18-14(19)8-4-3-5-17-13(8)16/h3-7H,1-2H3,(H,18,19). The third kappa shape index (κ3) is 3.37. The van der Waals surface area contributed by atoms with E-state index in [9.17, 15) is 4.79 Å². The second-order valence-electron chi connectivity index (χ2n) is 3.98. The van der Waals surface area contributed by atoms with Gasteiger partial charge >= 0.3 is 0 Å². The second-order valence-corrected chi connectivity index (χ2v) is 4.75. The monoisotopic (exact) mass is 326 g/mol. The van der Waals surface area contributed by atoms with Gasteiger partial charge in [0.2, 0.25) is 0 Å². The summed E-state index contributed by atoms with van der Waals surface area (Å²) >= 11 is 12.0. The molecular weight excluding hydrogens is 315 g/mol. The summed E-state index contributed by atoms with van der Waals surface area (Å²) in [7, 11) is 3.00. The highest BCUT2D eigenvalue weighted by molar-refractivity contribution is 6.35. The molecule has 0 fully saturated rings. The van der Waals surface area contributed by atoms with E-state index >= 15 is 0 Å². The molecule has 0 radical (unpaired) electrons. The Morgan fingerprint density at radius 2 is 1.86 bits per heavy atom. The average molecular weight is 327 g/mol. The van der Waals surface area contributed by atoms with Crippen LogP contribution in [0.4, 0.5) is 5.69 Å². The maximum atomic E-state index is 12.2. The second kappa shape index (κ2) is 6.65. The summed E-state index contributed by atoms with van der Waals surface area (Å²) in [6.07, 6.45) is 1.50. The van der Waals surface area contributed by atoms with E-state index in [0.717, 1.165) is 0 Å². The minimum atomic E-state index is -0.415. The molecule has 2 aromatic rings. The zero-order chi connectivity index (χ0) is 15.4. The largest absolute Gasteiger partial charge is 0.493 e. The van der Waals surface area contributed by atoms with E-state index in [0.29, 0.717) is 22.2 Å². The third-order valence-electron chi connectivity index (χ3n) is 2.73. The fourth-order valence-corrected chi connectivity index (χ4v) is 2.10. The predicted molar refractivity (Wildman–Crippen MR) is 81.8 cm³/mol. The molecule has 1 heterocycles. The summed E-state index contributed by atoms with van der Waals surface area (Å²) in [6.45, 7) is 0. The van der Waals surface area contributed by atoms with Crippen LogP contribution in [0, 0.1) is 0 Å². The van der Waals surface area contributed by atoms with E-state index in [2.05, 4.69) is 10.3 Å². The third-order valence-corrected chi connectivity index (χ3v) is 3.34. The lowest BCUT2D eigenvalue weighted by Gasteiger charge is -2.12. The molecule has 0 unspecified atom stereocenters. The minimum Gasteiger partial charge on any atom is -0.493 e. The van der Waals surface area contributed by atoms with Crippen LogP contribution in [0.15, 0.2) is 30.5 Å². The van der Waals surface area contributed by atoms with Crippen LogP contribution >= 0.6 is 23.2 Å². The van der Waals surface area contributed by atoms with Gasteiger partial charge in [0.1, 0.15) is 5.15 Å². The van der Waals surface area contributed by atoms with Crippen molar-refractivity contribution in [1.29, 1.82) is 0 Å². The number of methoxy groups -OCH3 is 2. The molecule has 1 aromatic carbocycles. The first-order chi connectivity index (χ1) is 10.1. The van der Waals surface area contributed by atoms with Crippen LogP contribution in [0.3, 0.4) is 0 Å². The number of pyridine rings is 1. The predicted octanol–water partition coefficient (Wildman–Crippen LogP) is 3.66. The molecule has 0 aliphatic rings. The number of rotatable bonds is 4. The fourth-order valence-electron chi connectivity index (χ4n) is 1.70. The Hall–Kier alpha value is -1.98. The molecular formula is C14H12Cl2N2O3. The molecule has 0 saturated heterocycles. The Bertz CT molecular complexity index is 677. The summed E-state index contributed by atoms with van der Waals surface area (Å²) in [5.74, 6) is 0.511. The van der Waals surface area contributed by atoms with Crippen LogP contribution in [0.5, 0.6) is 11.5 Å². The van der Waals surface area contributed by atoms with Crippen LogP contribution in [-0.4, -0.2) is 25.1 Å². The minimum absolute atomic E-state index is 0.117. The van der Waals surface area contributed by atoms with Crippen LogP contribution in [0.25, 0.3) is 0 Å². The number of hydrogen-bond acceptors (Lipinski definition) is 4. The van der Waals surface area contributed by atoms with Gasteiger partial charge in [0.05, 0.1) is 30.5 Å². The van der Waals surface area contributed by atoms with Gasteiger partial charge < -0.3 is 14.8 Å². The highest BCUT2D eigenvalue weighted by atomic mass is 35.5. The quantitative estimate of drug-likeness (QED) is 0.871. The van der Waals surface area contributed by atoms with Crippen LogP contribution in [0.1, 0.15) is 10.4 Å². The highest BCUT2D eigenvalue weighted by Crippen LogP contribution is 2.36. The molecule has 5 nitrogen and oxygen atoms in total. The normalized spacial score (nSPS) is 10.1. The molecule has 7 heteroatoms. The summed E-state index contributed by atoms with van der Waals surface area (Å²) in [5, 5.41) is 3.10. The van der Waals surface area contributed by atoms with Gasteiger partial charge in [-0.2, -0.15) is 0 Å². The van der Waals surface area contributed by atoms with E-state index < -0.39 is 5.91 Å². The molecule has 0 saturated carbocycles. The summed E-state index contributed by atoms with van der Waals surface area (Å²) in [4.78, 5) is 16.0. The first kappa shape index (κ1) is 15.4. The number of hydrogen-bond donors (Lipinski definition) is 1. The fraction of sp³-hybridized carbons (Fsp3) is 0.143. The number of benzene rings is 1. The van der Waals surface area contributed by atoms with Gasteiger partial charge in [-0.3, -0.25) is 4.79 Å². The highest BCUT2D eigenvalue weighted by Gasteiger charge is 2.15. The van der Waals surface area contributed by atoms with Crippen molar-refractivity contribution in [2.45, 2.75) is 0 Å². The number of carbonyl (C=O) groups excluding carboxylic acids is 1. The van der Waals surface area contributed by atoms with Crippen molar-refractivity contribution in [3.63, 3.8) is 0 Å². The number of amides is 1. The van der Waals surface area contributed by atoms with Crippen LogP contribution in [-0.2, 0) is 0 Å². The maximum Gasteiger partial charge on any atom is 0.258 e. The molecule has 0 aliphatic carbocycles. The van der Waals surface area contributed by atoms with Crippen LogP contribution < -0.4 is 14.8 Å². The number of nitrogens with one attached hydrogen (secondary N) is 1. The van der Waals surface area contributed by atoms with Gasteiger partial charge in [0.15, 0.2) is 11.5 Å². The van der Waals surface area contributed by atoms with Crippen molar-refractivity contribution in [2.75, 3.05) is 19.5 Å². The van der Waals surface area contributed by atoms with Gasteiger partial charge in [-0.25, -0.2) is 4.98 Å². The molecule has 2 rings (SSSR count). The van der Waals surface area contributed by atoms with E-state index in [1.54, 1.807) is 24.3 Å². The lowest BCUT2D eigenvalue weighted by molar-refractivity contribution is 0.102. The molecule has 1 aromatic heterocycles. The zero-order valence-corrected chi connectivity index (χ0v) is 12.8. The Morgan fingerprint density at radius 3 is 2.48 bits per heavy atom. The van der Waals surface area contributed by atoms with Crippen molar-refractivity contribution in [3.8, 4) is 11.5 Å². The number of halogens is 2. The van der Waals surface area contributed by atoms with E-state index in [-0.39, 0.29) is 10.7 Å². The van der Waals surface area contributed by atoms with E-state index in [4.69, 9.17) is 32.7 Å². The summed E-state index contributed by atoms with van der Waals surface area (Å²) < 4.78 is 10.3. The molecule has 21 heavy (non-hydrogen) atoms. The smallest absolute Gasteiger partial charge is 0.258 e. The molecule has 1 amide bonds. The molecule has 0 aliphatic heterocycles. The first-order valence-corrected chi connectivity index (χ1v) is 6.65. The Balaban J connectivity index is 2.31. The number of anilines is 1. The van der Waals surface area contributed by atoms with Crippen molar-refractivity contribution in [3.05, 3.63) is 46.2 Å². The van der Waals surface area contributed by atoms with Crippen molar-refractivity contribution >= 4 is 34.8 Å². The molecule has 0 atom stereocenters. The van der Waals surface area contributed by atoms with Gasteiger partial charge in [-0.05, 0) is 12.1 Å². The summed E-state index contributed by atoms with van der Waals surface area (Å²) in [5.41, 5.74) is 0.643.